The fourth-order valence-electron chi connectivity index (χ4n) is 1.86. The highest BCUT2D eigenvalue weighted by Crippen LogP contribution is 2.40. The standard InChI is InChI=1S/C10H14O4/c1-10(9(13)14)5-3-2-4-7(10)6-8(11)12/h6H,2-5H2,1H3,(H,11,12)(H,13,14)/b7-6+. The van der Waals surface area contributed by atoms with E-state index in [-0.39, 0.29) is 0 Å². The molecular weight excluding hydrogens is 184 g/mol. The zero-order valence-corrected chi connectivity index (χ0v) is 8.12. The largest absolute Gasteiger partial charge is 0.481 e. The third-order valence-electron chi connectivity index (χ3n) is 2.85. The van der Waals surface area contributed by atoms with Crippen LogP contribution in [0.3, 0.4) is 0 Å². The van der Waals surface area contributed by atoms with Crippen molar-refractivity contribution in [3.63, 3.8) is 0 Å². The van der Waals surface area contributed by atoms with Crippen LogP contribution in [0.4, 0.5) is 0 Å². The van der Waals surface area contributed by atoms with Gasteiger partial charge in [-0.1, -0.05) is 6.42 Å². The Hall–Kier alpha value is -1.32. The summed E-state index contributed by atoms with van der Waals surface area (Å²) in [6, 6.07) is 0. The third kappa shape index (κ3) is 1.95. The van der Waals surface area contributed by atoms with E-state index in [1.54, 1.807) is 6.92 Å². The van der Waals surface area contributed by atoms with Crippen molar-refractivity contribution in [1.82, 2.24) is 0 Å². The van der Waals surface area contributed by atoms with Crippen molar-refractivity contribution in [2.75, 3.05) is 0 Å². The molecule has 0 aromatic heterocycles. The molecule has 1 saturated carbocycles. The van der Waals surface area contributed by atoms with Crippen molar-refractivity contribution >= 4 is 11.9 Å². The summed E-state index contributed by atoms with van der Waals surface area (Å²) in [5.74, 6) is -1.99. The first-order chi connectivity index (χ1) is 6.47. The molecule has 1 unspecified atom stereocenters. The van der Waals surface area contributed by atoms with E-state index >= 15 is 0 Å². The van der Waals surface area contributed by atoms with Crippen molar-refractivity contribution in [3.8, 4) is 0 Å². The van der Waals surface area contributed by atoms with Crippen molar-refractivity contribution in [1.29, 1.82) is 0 Å². The molecule has 78 valence electrons. The van der Waals surface area contributed by atoms with Crippen LogP contribution >= 0.6 is 0 Å². The first-order valence-corrected chi connectivity index (χ1v) is 4.64. The van der Waals surface area contributed by atoms with Crippen molar-refractivity contribution in [2.24, 2.45) is 5.41 Å². The third-order valence-corrected chi connectivity index (χ3v) is 2.85. The predicted octanol–water partition coefficient (Wildman–Crippen LogP) is 1.66. The highest BCUT2D eigenvalue weighted by molar-refractivity contribution is 5.85. The topological polar surface area (TPSA) is 74.6 Å². The Balaban J connectivity index is 3.00. The van der Waals surface area contributed by atoms with Crippen LogP contribution in [0.15, 0.2) is 11.6 Å². The van der Waals surface area contributed by atoms with Gasteiger partial charge in [-0.25, -0.2) is 4.79 Å². The molecule has 2 N–H and O–H groups in total. The molecule has 0 aromatic rings. The number of carboxylic acid groups (broad SMARTS) is 2. The lowest BCUT2D eigenvalue weighted by atomic mass is 9.71. The summed E-state index contributed by atoms with van der Waals surface area (Å²) in [4.78, 5) is 21.5. The number of hydrogen-bond donors (Lipinski definition) is 2. The van der Waals surface area contributed by atoms with Gasteiger partial charge < -0.3 is 10.2 Å². The first-order valence-electron chi connectivity index (χ1n) is 4.64. The molecule has 0 spiro atoms. The molecule has 4 nitrogen and oxygen atoms in total. The van der Waals surface area contributed by atoms with Gasteiger partial charge in [-0.3, -0.25) is 4.79 Å². The second-order valence-electron chi connectivity index (χ2n) is 3.85. The number of carbonyl (C=O) groups is 2. The minimum Gasteiger partial charge on any atom is -0.481 e. The molecule has 1 aliphatic rings. The molecule has 0 heterocycles. The summed E-state index contributed by atoms with van der Waals surface area (Å²) in [6.07, 6.45) is 3.88. The zero-order valence-electron chi connectivity index (χ0n) is 8.12. The van der Waals surface area contributed by atoms with Gasteiger partial charge in [0.1, 0.15) is 0 Å². The van der Waals surface area contributed by atoms with E-state index in [0.717, 1.165) is 18.9 Å². The van der Waals surface area contributed by atoms with Crippen LogP contribution in [0.25, 0.3) is 0 Å². The summed E-state index contributed by atoms with van der Waals surface area (Å²) in [6.45, 7) is 1.60. The van der Waals surface area contributed by atoms with Crippen LogP contribution in [-0.4, -0.2) is 22.2 Å². The molecule has 4 heteroatoms. The Morgan fingerprint density at radius 3 is 2.50 bits per heavy atom. The molecule has 1 fully saturated rings. The fraction of sp³-hybridized carbons (Fsp3) is 0.600. The summed E-state index contributed by atoms with van der Waals surface area (Å²) in [7, 11) is 0. The fourth-order valence-corrected chi connectivity index (χ4v) is 1.86. The number of aliphatic carboxylic acids is 2. The Labute approximate surface area is 82.2 Å². The van der Waals surface area contributed by atoms with E-state index in [1.807, 2.05) is 0 Å². The molecule has 1 aliphatic carbocycles. The Kier molecular flexibility index (Phi) is 2.93. The molecule has 0 aromatic carbocycles. The predicted molar refractivity (Wildman–Crippen MR) is 49.9 cm³/mol. The number of hydrogen-bond acceptors (Lipinski definition) is 2. The molecule has 0 saturated heterocycles. The minimum atomic E-state index is -1.06. The molecular formula is C10H14O4. The number of carboxylic acids is 2. The molecule has 0 aliphatic heterocycles. The van der Waals surface area contributed by atoms with Crippen LogP contribution in [0.2, 0.25) is 0 Å². The van der Waals surface area contributed by atoms with E-state index in [0.29, 0.717) is 18.4 Å². The highest BCUT2D eigenvalue weighted by Gasteiger charge is 2.39. The van der Waals surface area contributed by atoms with Gasteiger partial charge in [0, 0.05) is 6.08 Å². The first kappa shape index (κ1) is 10.8. The summed E-state index contributed by atoms with van der Waals surface area (Å²) in [5, 5.41) is 17.7. The molecule has 0 bridgehead atoms. The minimum absolute atomic E-state index is 0.529. The van der Waals surface area contributed by atoms with Crippen molar-refractivity contribution < 1.29 is 19.8 Å². The van der Waals surface area contributed by atoms with Crippen LogP contribution < -0.4 is 0 Å². The average Bonchev–Trinajstić information content (AvgIpc) is 2.08. The van der Waals surface area contributed by atoms with Gasteiger partial charge in [-0.2, -0.15) is 0 Å². The molecule has 0 amide bonds. The van der Waals surface area contributed by atoms with Crippen LogP contribution in [0.5, 0.6) is 0 Å². The Morgan fingerprint density at radius 1 is 1.36 bits per heavy atom. The van der Waals surface area contributed by atoms with Gasteiger partial charge in [-0.05, 0) is 31.8 Å². The quantitative estimate of drug-likeness (QED) is 0.662. The van der Waals surface area contributed by atoms with Crippen LogP contribution in [0, 0.1) is 5.41 Å². The smallest absolute Gasteiger partial charge is 0.328 e. The summed E-state index contributed by atoms with van der Waals surface area (Å²) in [5.41, 5.74) is -0.444. The van der Waals surface area contributed by atoms with E-state index in [2.05, 4.69) is 0 Å². The summed E-state index contributed by atoms with van der Waals surface area (Å²) >= 11 is 0. The lowest BCUT2D eigenvalue weighted by molar-refractivity contribution is -0.146. The van der Waals surface area contributed by atoms with Gasteiger partial charge >= 0.3 is 11.9 Å². The van der Waals surface area contributed by atoms with E-state index in [4.69, 9.17) is 10.2 Å². The molecule has 1 rings (SSSR count). The molecule has 1 atom stereocenters. The van der Waals surface area contributed by atoms with E-state index < -0.39 is 17.4 Å². The van der Waals surface area contributed by atoms with Gasteiger partial charge in [0.2, 0.25) is 0 Å². The SMILES string of the molecule is CC1(C(=O)O)CCCC/C1=C\C(=O)O. The second-order valence-corrected chi connectivity index (χ2v) is 3.85. The van der Waals surface area contributed by atoms with Crippen LogP contribution in [-0.2, 0) is 9.59 Å². The Bertz CT molecular complexity index is 292. The molecule has 14 heavy (non-hydrogen) atoms. The van der Waals surface area contributed by atoms with Gasteiger partial charge in [-0.15, -0.1) is 0 Å². The van der Waals surface area contributed by atoms with Gasteiger partial charge in [0.15, 0.2) is 0 Å². The number of rotatable bonds is 2. The van der Waals surface area contributed by atoms with Gasteiger partial charge in [0.25, 0.3) is 0 Å². The maximum absolute atomic E-state index is 11.0. The normalized spacial score (nSPS) is 30.2. The van der Waals surface area contributed by atoms with Crippen LogP contribution in [0.1, 0.15) is 32.6 Å². The highest BCUT2D eigenvalue weighted by atomic mass is 16.4. The zero-order chi connectivity index (χ0) is 10.8. The molecule has 0 radical (unpaired) electrons. The van der Waals surface area contributed by atoms with Gasteiger partial charge in [0.05, 0.1) is 5.41 Å². The lowest BCUT2D eigenvalue weighted by Crippen LogP contribution is -2.32. The van der Waals surface area contributed by atoms with E-state index in [1.165, 1.54) is 0 Å². The maximum atomic E-state index is 11.0. The second kappa shape index (κ2) is 3.82. The Morgan fingerprint density at radius 2 is 2.00 bits per heavy atom. The lowest BCUT2D eigenvalue weighted by Gasteiger charge is -2.32. The monoisotopic (exact) mass is 198 g/mol. The average molecular weight is 198 g/mol. The van der Waals surface area contributed by atoms with E-state index in [9.17, 15) is 9.59 Å². The van der Waals surface area contributed by atoms with Crippen molar-refractivity contribution in [2.45, 2.75) is 32.6 Å². The van der Waals surface area contributed by atoms with Crippen molar-refractivity contribution in [3.05, 3.63) is 11.6 Å². The summed E-state index contributed by atoms with van der Waals surface area (Å²) < 4.78 is 0. The maximum Gasteiger partial charge on any atom is 0.328 e.